The van der Waals surface area contributed by atoms with Crippen molar-refractivity contribution in [2.75, 3.05) is 0 Å². The van der Waals surface area contributed by atoms with Gasteiger partial charge in [0.25, 0.3) is 0 Å². The zero-order chi connectivity index (χ0) is 17.2. The number of hydrogen-bond donors (Lipinski definition) is 2. The van der Waals surface area contributed by atoms with Gasteiger partial charge in [-0.2, -0.15) is 0 Å². The van der Waals surface area contributed by atoms with E-state index in [0.29, 0.717) is 18.0 Å². The Morgan fingerprint density at radius 3 is 2.83 bits per heavy atom. The van der Waals surface area contributed by atoms with Crippen molar-refractivity contribution >= 4 is 5.91 Å². The first-order chi connectivity index (χ1) is 11.4. The lowest BCUT2D eigenvalue weighted by Gasteiger charge is -2.32. The molecule has 3 rings (SSSR count). The smallest absolute Gasteiger partial charge is 0.220 e. The first-order valence-corrected chi connectivity index (χ1v) is 9.04. The van der Waals surface area contributed by atoms with Gasteiger partial charge in [-0.3, -0.25) is 4.79 Å². The Labute approximate surface area is 143 Å². The molecule has 0 spiro atoms. The van der Waals surface area contributed by atoms with Crippen LogP contribution in [0.2, 0.25) is 0 Å². The van der Waals surface area contributed by atoms with Gasteiger partial charge in [-0.1, -0.05) is 30.2 Å². The quantitative estimate of drug-likeness (QED) is 0.812. The van der Waals surface area contributed by atoms with Crippen molar-refractivity contribution in [2.24, 2.45) is 5.92 Å². The zero-order valence-electron chi connectivity index (χ0n) is 14.6. The van der Waals surface area contributed by atoms with E-state index in [4.69, 9.17) is 0 Å². The molecule has 0 aliphatic heterocycles. The number of carbonyl (C=O) groups is 1. The fraction of sp³-hybridized carbons (Fsp3) is 0.722. The molecule has 0 radical (unpaired) electrons. The van der Waals surface area contributed by atoms with E-state index in [1.807, 2.05) is 10.9 Å². The van der Waals surface area contributed by atoms with Crippen molar-refractivity contribution in [3.8, 4) is 0 Å². The van der Waals surface area contributed by atoms with E-state index in [-0.39, 0.29) is 18.0 Å². The summed E-state index contributed by atoms with van der Waals surface area (Å²) >= 11 is 0. The van der Waals surface area contributed by atoms with Gasteiger partial charge < -0.3 is 10.4 Å². The lowest BCUT2D eigenvalue weighted by molar-refractivity contribution is -0.123. The first-order valence-electron chi connectivity index (χ1n) is 9.04. The van der Waals surface area contributed by atoms with Crippen molar-refractivity contribution in [2.45, 2.75) is 76.5 Å². The number of aliphatic hydroxyl groups is 1. The second-order valence-electron chi connectivity index (χ2n) is 7.64. The highest BCUT2D eigenvalue weighted by Gasteiger charge is 2.31. The van der Waals surface area contributed by atoms with Gasteiger partial charge in [-0.25, -0.2) is 4.68 Å². The van der Waals surface area contributed by atoms with Gasteiger partial charge in [0.15, 0.2) is 0 Å². The van der Waals surface area contributed by atoms with Crippen molar-refractivity contribution in [3.63, 3.8) is 0 Å². The predicted molar refractivity (Wildman–Crippen MR) is 91.2 cm³/mol. The van der Waals surface area contributed by atoms with E-state index in [1.54, 1.807) is 13.8 Å². The number of amides is 1. The molecule has 24 heavy (non-hydrogen) atoms. The molecule has 6 heteroatoms. The lowest BCUT2D eigenvalue weighted by Crippen LogP contribution is -2.43. The third-order valence-electron chi connectivity index (χ3n) is 5.11. The Morgan fingerprint density at radius 2 is 2.17 bits per heavy atom. The van der Waals surface area contributed by atoms with Gasteiger partial charge in [-0.05, 0) is 45.4 Å². The average molecular weight is 332 g/mol. The van der Waals surface area contributed by atoms with E-state index in [0.717, 1.165) is 38.5 Å². The topological polar surface area (TPSA) is 80.0 Å². The number of rotatable bonds is 5. The Bertz CT molecular complexity index is 602. The van der Waals surface area contributed by atoms with E-state index < -0.39 is 5.60 Å². The van der Waals surface area contributed by atoms with E-state index >= 15 is 0 Å². The lowest BCUT2D eigenvalue weighted by atomic mass is 9.90. The van der Waals surface area contributed by atoms with Crippen LogP contribution in [0.4, 0.5) is 0 Å². The van der Waals surface area contributed by atoms with Gasteiger partial charge in [0, 0.05) is 6.42 Å². The maximum atomic E-state index is 12.4. The van der Waals surface area contributed by atoms with E-state index in [1.165, 1.54) is 0 Å². The minimum Gasteiger partial charge on any atom is -0.384 e. The van der Waals surface area contributed by atoms with Gasteiger partial charge in [-0.15, -0.1) is 5.10 Å². The minimum atomic E-state index is -1.000. The summed E-state index contributed by atoms with van der Waals surface area (Å²) in [5.74, 6) is 0.520. The van der Waals surface area contributed by atoms with Crippen LogP contribution >= 0.6 is 0 Å². The van der Waals surface area contributed by atoms with Crippen molar-refractivity contribution in [1.29, 1.82) is 0 Å². The largest absolute Gasteiger partial charge is 0.384 e. The van der Waals surface area contributed by atoms with Gasteiger partial charge >= 0.3 is 0 Å². The molecule has 1 fully saturated rings. The van der Waals surface area contributed by atoms with Crippen LogP contribution in [0.15, 0.2) is 18.3 Å². The normalized spacial score (nSPS) is 27.4. The minimum absolute atomic E-state index is 0.0907. The maximum Gasteiger partial charge on any atom is 0.220 e. The molecule has 1 amide bonds. The molecule has 1 saturated carbocycles. The van der Waals surface area contributed by atoms with Crippen LogP contribution < -0.4 is 5.32 Å². The number of nitrogens with zero attached hydrogens (tertiary/aromatic N) is 3. The molecule has 1 heterocycles. The molecular formula is C18H28N4O2. The fourth-order valence-corrected chi connectivity index (χ4v) is 3.68. The third-order valence-corrected chi connectivity index (χ3v) is 5.11. The molecule has 2 aliphatic carbocycles. The molecule has 0 unspecified atom stereocenters. The maximum absolute atomic E-state index is 12.4. The first kappa shape index (κ1) is 17.1. The molecular weight excluding hydrogens is 304 g/mol. The highest BCUT2D eigenvalue weighted by Crippen LogP contribution is 2.30. The van der Waals surface area contributed by atoms with Crippen molar-refractivity contribution in [1.82, 2.24) is 20.3 Å². The zero-order valence-corrected chi connectivity index (χ0v) is 14.6. The summed E-state index contributed by atoms with van der Waals surface area (Å²) in [5, 5.41) is 21.6. The van der Waals surface area contributed by atoms with Crippen LogP contribution in [0.5, 0.6) is 0 Å². The van der Waals surface area contributed by atoms with E-state index in [9.17, 15) is 9.90 Å². The summed E-state index contributed by atoms with van der Waals surface area (Å²) < 4.78 is 1.83. The van der Waals surface area contributed by atoms with Crippen LogP contribution in [-0.4, -0.2) is 32.0 Å². The van der Waals surface area contributed by atoms with Crippen LogP contribution in [0.1, 0.15) is 70.5 Å². The van der Waals surface area contributed by atoms with Gasteiger partial charge in [0.05, 0.1) is 18.3 Å². The van der Waals surface area contributed by atoms with Crippen LogP contribution in [0, 0.1) is 5.92 Å². The second kappa shape index (κ2) is 7.05. The van der Waals surface area contributed by atoms with Gasteiger partial charge in [0.1, 0.15) is 11.3 Å². The molecule has 1 aromatic rings. The van der Waals surface area contributed by atoms with Crippen LogP contribution in [-0.2, 0) is 10.4 Å². The molecule has 132 valence electrons. The van der Waals surface area contributed by atoms with Crippen LogP contribution in [0.3, 0.4) is 0 Å². The third kappa shape index (κ3) is 4.04. The highest BCUT2D eigenvalue weighted by molar-refractivity contribution is 5.76. The summed E-state index contributed by atoms with van der Waals surface area (Å²) in [6.07, 6.45) is 13.1. The summed E-state index contributed by atoms with van der Waals surface area (Å²) in [7, 11) is 0. The Morgan fingerprint density at radius 1 is 1.38 bits per heavy atom. The molecule has 6 nitrogen and oxygen atoms in total. The van der Waals surface area contributed by atoms with Gasteiger partial charge in [0.2, 0.25) is 5.91 Å². The molecule has 0 aromatic carbocycles. The van der Waals surface area contributed by atoms with Crippen LogP contribution in [0.25, 0.3) is 0 Å². The number of aromatic nitrogens is 3. The average Bonchev–Trinajstić information content (AvgIpc) is 3.18. The molecule has 0 bridgehead atoms. The summed E-state index contributed by atoms with van der Waals surface area (Å²) in [5.41, 5.74) is -0.435. The standard InChI is InChI=1S/C18H28N4O2/c1-18(2,24)16-12-22(21-20-16)15-10-6-5-9-14(15)19-17(23)11-13-7-3-4-8-13/h3,7,12-15,24H,4-6,8-11H2,1-2H3,(H,19,23)/t13-,14+,15-/m1/s1. The SMILES string of the molecule is CC(C)(O)c1cn([C@@H]2CCCC[C@@H]2NC(=O)C[C@@H]2C=CCC2)nn1. The number of allylic oxidation sites excluding steroid dienone is 2. The monoisotopic (exact) mass is 332 g/mol. The predicted octanol–water partition coefficient (Wildman–Crippen LogP) is 2.46. The number of nitrogens with one attached hydrogen (secondary N) is 1. The molecule has 2 N–H and O–H groups in total. The summed E-state index contributed by atoms with van der Waals surface area (Å²) in [6.45, 7) is 3.41. The molecule has 0 saturated heterocycles. The fourth-order valence-electron chi connectivity index (χ4n) is 3.68. The van der Waals surface area contributed by atoms with Crippen molar-refractivity contribution < 1.29 is 9.90 Å². The number of hydrogen-bond acceptors (Lipinski definition) is 4. The molecule has 3 atom stereocenters. The number of carbonyl (C=O) groups excluding carboxylic acids is 1. The van der Waals surface area contributed by atoms with E-state index in [2.05, 4.69) is 27.8 Å². The summed E-state index contributed by atoms with van der Waals surface area (Å²) in [4.78, 5) is 12.4. The molecule has 2 aliphatic rings. The Balaban J connectivity index is 1.65. The molecule has 1 aromatic heterocycles. The Kier molecular flexibility index (Phi) is 5.04. The van der Waals surface area contributed by atoms with Crippen molar-refractivity contribution in [3.05, 3.63) is 24.0 Å². The summed E-state index contributed by atoms with van der Waals surface area (Å²) in [6, 6.07) is 0.207. The second-order valence-corrected chi connectivity index (χ2v) is 7.64. The highest BCUT2D eigenvalue weighted by atomic mass is 16.3. The Hall–Kier alpha value is -1.69.